The van der Waals surface area contributed by atoms with Crippen molar-refractivity contribution in [2.45, 2.75) is 45.8 Å². The summed E-state index contributed by atoms with van der Waals surface area (Å²) >= 11 is 0. The molecule has 4 nitrogen and oxygen atoms in total. The summed E-state index contributed by atoms with van der Waals surface area (Å²) in [4.78, 5) is 2.31. The molecule has 0 saturated carbocycles. The van der Waals surface area contributed by atoms with E-state index in [2.05, 4.69) is 31.1 Å². The molecule has 0 spiro atoms. The lowest BCUT2D eigenvalue weighted by atomic mass is 10.2. The normalized spacial score (nSPS) is 23.7. The van der Waals surface area contributed by atoms with Crippen LogP contribution < -0.4 is 5.32 Å². The molecule has 0 aromatic rings. The van der Waals surface area contributed by atoms with Crippen molar-refractivity contribution in [1.29, 1.82) is 0 Å². The minimum Gasteiger partial charge on any atom is -0.380 e. The van der Waals surface area contributed by atoms with Crippen LogP contribution in [0.15, 0.2) is 0 Å². The van der Waals surface area contributed by atoms with E-state index in [1.165, 1.54) is 12.8 Å². The van der Waals surface area contributed by atoms with Crippen molar-refractivity contribution in [1.82, 2.24) is 10.2 Å². The van der Waals surface area contributed by atoms with Gasteiger partial charge in [0.1, 0.15) is 0 Å². The van der Waals surface area contributed by atoms with E-state index in [4.69, 9.17) is 9.47 Å². The highest BCUT2D eigenvalue weighted by Crippen LogP contribution is 2.19. The van der Waals surface area contributed by atoms with Gasteiger partial charge in [0.05, 0.1) is 18.8 Å². The monoisotopic (exact) mass is 272 g/mol. The van der Waals surface area contributed by atoms with Crippen LogP contribution in [0.4, 0.5) is 0 Å². The second-order valence-electron chi connectivity index (χ2n) is 5.97. The molecule has 19 heavy (non-hydrogen) atoms. The largest absolute Gasteiger partial charge is 0.380 e. The van der Waals surface area contributed by atoms with Gasteiger partial charge in [0, 0.05) is 26.2 Å². The van der Waals surface area contributed by atoms with Gasteiger partial charge in [-0.15, -0.1) is 0 Å². The average molecular weight is 272 g/mol. The van der Waals surface area contributed by atoms with Crippen molar-refractivity contribution in [2.75, 3.05) is 46.4 Å². The summed E-state index contributed by atoms with van der Waals surface area (Å²) < 4.78 is 11.4. The molecule has 114 valence electrons. The zero-order valence-electron chi connectivity index (χ0n) is 13.2. The molecule has 0 amide bonds. The molecule has 4 heteroatoms. The van der Waals surface area contributed by atoms with E-state index < -0.39 is 0 Å². The molecule has 2 unspecified atom stereocenters. The Kier molecular flexibility index (Phi) is 8.62. The lowest BCUT2D eigenvalue weighted by molar-refractivity contribution is 0.0223. The Balaban J connectivity index is 2.07. The minimum atomic E-state index is 0.400. The van der Waals surface area contributed by atoms with Crippen LogP contribution in [0.25, 0.3) is 0 Å². The van der Waals surface area contributed by atoms with Gasteiger partial charge in [0.15, 0.2) is 0 Å². The number of nitrogens with zero attached hydrogens (tertiary/aromatic N) is 1. The number of hydrogen-bond acceptors (Lipinski definition) is 4. The van der Waals surface area contributed by atoms with Crippen molar-refractivity contribution >= 4 is 0 Å². The van der Waals surface area contributed by atoms with Crippen LogP contribution >= 0.6 is 0 Å². The van der Waals surface area contributed by atoms with Gasteiger partial charge < -0.3 is 19.7 Å². The van der Waals surface area contributed by atoms with Crippen LogP contribution in [-0.2, 0) is 9.47 Å². The minimum absolute atomic E-state index is 0.400. The van der Waals surface area contributed by atoms with Gasteiger partial charge in [-0.2, -0.15) is 0 Å². The van der Waals surface area contributed by atoms with Crippen molar-refractivity contribution in [3.05, 3.63) is 0 Å². The Labute approximate surface area is 118 Å². The first-order valence-corrected chi connectivity index (χ1v) is 7.74. The lowest BCUT2D eigenvalue weighted by Crippen LogP contribution is -2.34. The SMILES string of the molecule is CCOCCN(C)CC1CCC(CNCC(C)C)O1. The highest BCUT2D eigenvalue weighted by Gasteiger charge is 2.25. The molecule has 1 fully saturated rings. The summed E-state index contributed by atoms with van der Waals surface area (Å²) in [5, 5.41) is 3.48. The van der Waals surface area contributed by atoms with Gasteiger partial charge in [-0.05, 0) is 39.3 Å². The fourth-order valence-corrected chi connectivity index (χ4v) is 2.40. The quantitative estimate of drug-likeness (QED) is 0.614. The molecule has 0 aliphatic carbocycles. The molecule has 0 bridgehead atoms. The summed E-state index contributed by atoms with van der Waals surface area (Å²) in [6, 6.07) is 0. The smallest absolute Gasteiger partial charge is 0.0707 e. The summed E-state index contributed by atoms with van der Waals surface area (Å²) in [6.45, 7) is 12.2. The van der Waals surface area contributed by atoms with Gasteiger partial charge >= 0.3 is 0 Å². The average Bonchev–Trinajstić information content (AvgIpc) is 2.76. The molecule has 0 aromatic carbocycles. The third-order valence-electron chi connectivity index (χ3n) is 3.46. The Morgan fingerprint density at radius 1 is 1.32 bits per heavy atom. The van der Waals surface area contributed by atoms with Crippen LogP contribution in [0.5, 0.6) is 0 Å². The maximum Gasteiger partial charge on any atom is 0.0707 e. The van der Waals surface area contributed by atoms with E-state index in [0.29, 0.717) is 18.1 Å². The third-order valence-corrected chi connectivity index (χ3v) is 3.46. The van der Waals surface area contributed by atoms with E-state index in [1.807, 2.05) is 6.92 Å². The van der Waals surface area contributed by atoms with Gasteiger partial charge in [0.25, 0.3) is 0 Å². The maximum absolute atomic E-state index is 6.08. The molecule has 1 aliphatic heterocycles. The number of likely N-dealkylation sites (N-methyl/N-ethyl adjacent to an activating group) is 1. The van der Waals surface area contributed by atoms with Crippen LogP contribution in [0, 0.1) is 5.92 Å². The highest BCUT2D eigenvalue weighted by molar-refractivity contribution is 4.77. The predicted molar refractivity (Wildman–Crippen MR) is 79.6 cm³/mol. The fourth-order valence-electron chi connectivity index (χ4n) is 2.40. The van der Waals surface area contributed by atoms with Gasteiger partial charge in [0.2, 0.25) is 0 Å². The van der Waals surface area contributed by atoms with E-state index in [1.54, 1.807) is 0 Å². The summed E-state index contributed by atoms with van der Waals surface area (Å²) in [5.41, 5.74) is 0. The van der Waals surface area contributed by atoms with Gasteiger partial charge in [-0.25, -0.2) is 0 Å². The van der Waals surface area contributed by atoms with E-state index in [9.17, 15) is 0 Å². The number of hydrogen-bond donors (Lipinski definition) is 1. The first-order chi connectivity index (χ1) is 9.11. The Bertz CT molecular complexity index is 224. The first-order valence-electron chi connectivity index (χ1n) is 7.74. The predicted octanol–water partition coefficient (Wildman–Crippen LogP) is 1.75. The zero-order valence-corrected chi connectivity index (χ0v) is 13.2. The molecule has 1 aliphatic rings. The second-order valence-corrected chi connectivity index (χ2v) is 5.97. The molecule has 0 radical (unpaired) electrons. The molecular weight excluding hydrogens is 240 g/mol. The lowest BCUT2D eigenvalue weighted by Gasteiger charge is -2.21. The summed E-state index contributed by atoms with van der Waals surface area (Å²) in [5.74, 6) is 0.710. The standard InChI is InChI=1S/C15H32N2O2/c1-5-18-9-8-17(4)12-15-7-6-14(19-15)11-16-10-13(2)3/h13-16H,5-12H2,1-4H3. The van der Waals surface area contributed by atoms with Crippen molar-refractivity contribution < 1.29 is 9.47 Å². The molecule has 1 heterocycles. The van der Waals surface area contributed by atoms with Crippen molar-refractivity contribution in [2.24, 2.45) is 5.92 Å². The molecule has 1 rings (SSSR count). The fraction of sp³-hybridized carbons (Fsp3) is 1.00. The number of ether oxygens (including phenoxy) is 2. The van der Waals surface area contributed by atoms with Crippen LogP contribution in [0.3, 0.4) is 0 Å². The maximum atomic E-state index is 6.08. The van der Waals surface area contributed by atoms with Crippen LogP contribution in [-0.4, -0.2) is 63.5 Å². The molecule has 1 N–H and O–H groups in total. The van der Waals surface area contributed by atoms with Crippen LogP contribution in [0.2, 0.25) is 0 Å². The number of rotatable bonds is 10. The Hall–Kier alpha value is -0.160. The second kappa shape index (κ2) is 9.70. The van der Waals surface area contributed by atoms with E-state index in [0.717, 1.165) is 39.4 Å². The molecular formula is C15H32N2O2. The van der Waals surface area contributed by atoms with E-state index >= 15 is 0 Å². The van der Waals surface area contributed by atoms with E-state index in [-0.39, 0.29) is 0 Å². The molecule has 1 saturated heterocycles. The first kappa shape index (κ1) is 16.9. The molecule has 0 aromatic heterocycles. The Morgan fingerprint density at radius 3 is 2.74 bits per heavy atom. The third kappa shape index (κ3) is 7.88. The van der Waals surface area contributed by atoms with Crippen molar-refractivity contribution in [3.63, 3.8) is 0 Å². The van der Waals surface area contributed by atoms with Gasteiger partial charge in [-0.3, -0.25) is 0 Å². The Morgan fingerprint density at radius 2 is 2.05 bits per heavy atom. The summed E-state index contributed by atoms with van der Waals surface area (Å²) in [6.07, 6.45) is 3.18. The van der Waals surface area contributed by atoms with Crippen LogP contribution in [0.1, 0.15) is 33.6 Å². The van der Waals surface area contributed by atoms with Gasteiger partial charge in [-0.1, -0.05) is 13.8 Å². The zero-order chi connectivity index (χ0) is 14.1. The van der Waals surface area contributed by atoms with Crippen molar-refractivity contribution in [3.8, 4) is 0 Å². The summed E-state index contributed by atoms with van der Waals surface area (Å²) in [7, 11) is 2.15. The topological polar surface area (TPSA) is 33.7 Å². The molecule has 2 atom stereocenters. The number of nitrogens with one attached hydrogen (secondary N) is 1. The highest BCUT2D eigenvalue weighted by atomic mass is 16.5.